The minimum atomic E-state index is -4.52. The van der Waals surface area contributed by atoms with E-state index in [0.29, 0.717) is 17.0 Å². The number of rotatable bonds is 21. The number of hydrogen-bond donors (Lipinski definition) is 2. The monoisotopic (exact) mass is 870 g/mol. The van der Waals surface area contributed by atoms with Crippen molar-refractivity contribution in [3.8, 4) is 0 Å². The average Bonchev–Trinajstić information content (AvgIpc) is 3.71. The first kappa shape index (κ1) is 49.0. The number of likely N-dealkylation sites (N-methyl/N-ethyl adjacent to an activating group) is 1. The Morgan fingerprint density at radius 3 is 2.23 bits per heavy atom. The molecule has 2 N–H and O–H groups in total. The van der Waals surface area contributed by atoms with Crippen molar-refractivity contribution in [2.24, 2.45) is 23.7 Å². The number of aliphatic carboxylic acids is 1. The lowest BCUT2D eigenvalue weighted by Gasteiger charge is -2.40. The van der Waals surface area contributed by atoms with Crippen LogP contribution in [0.4, 0.5) is 13.2 Å². The summed E-state index contributed by atoms with van der Waals surface area (Å²) >= 11 is 1.10. The average molecular weight is 871 g/mol. The molecule has 0 radical (unpaired) electrons. The highest BCUT2D eigenvalue weighted by Crippen LogP contribution is 2.35. The maximum Gasteiger partial charge on any atom is 0.416 e. The van der Waals surface area contributed by atoms with Crippen LogP contribution in [0.1, 0.15) is 125 Å². The van der Waals surface area contributed by atoms with Crippen LogP contribution in [0.3, 0.4) is 0 Å². The van der Waals surface area contributed by atoms with Crippen molar-refractivity contribution < 1.29 is 47.0 Å². The number of esters is 1. The van der Waals surface area contributed by atoms with Gasteiger partial charge in [-0.3, -0.25) is 28.9 Å². The Morgan fingerprint density at radius 1 is 0.984 bits per heavy atom. The summed E-state index contributed by atoms with van der Waals surface area (Å²) in [5.41, 5.74) is 0.524. The number of ether oxygens (including phenoxy) is 1. The van der Waals surface area contributed by atoms with Crippen LogP contribution < -0.4 is 5.32 Å². The molecule has 11 nitrogen and oxygen atoms in total. The fraction of sp³-hybridized carbons (Fsp3) is 0.565. The molecule has 0 saturated carbocycles. The fourth-order valence-corrected chi connectivity index (χ4v) is 8.85. The van der Waals surface area contributed by atoms with E-state index >= 15 is 4.79 Å². The zero-order valence-electron chi connectivity index (χ0n) is 36.2. The largest absolute Gasteiger partial charge is 0.481 e. The summed E-state index contributed by atoms with van der Waals surface area (Å²) in [6.45, 7) is 11.8. The molecule has 1 saturated heterocycles. The quantitative estimate of drug-likeness (QED) is 0.100. The van der Waals surface area contributed by atoms with E-state index in [9.17, 15) is 37.5 Å². The van der Waals surface area contributed by atoms with Crippen LogP contribution in [0.2, 0.25) is 0 Å². The van der Waals surface area contributed by atoms with Gasteiger partial charge in [-0.25, -0.2) is 4.98 Å². The Hall–Kier alpha value is -4.63. The summed E-state index contributed by atoms with van der Waals surface area (Å²) in [5.74, 6) is -4.11. The van der Waals surface area contributed by atoms with E-state index in [1.54, 1.807) is 0 Å². The van der Waals surface area contributed by atoms with Crippen LogP contribution in [0.5, 0.6) is 0 Å². The summed E-state index contributed by atoms with van der Waals surface area (Å²) in [7, 11) is 1.96. The summed E-state index contributed by atoms with van der Waals surface area (Å²) in [6.07, 6.45) is -1.72. The molecule has 15 heteroatoms. The third-order valence-electron chi connectivity index (χ3n) is 11.8. The first-order valence-electron chi connectivity index (χ1n) is 21.2. The van der Waals surface area contributed by atoms with Crippen LogP contribution >= 0.6 is 11.3 Å². The van der Waals surface area contributed by atoms with Gasteiger partial charge in [-0.15, -0.1) is 11.3 Å². The number of carboxylic acid groups (broad SMARTS) is 1. The van der Waals surface area contributed by atoms with Gasteiger partial charge in [0.15, 0.2) is 11.9 Å². The minimum Gasteiger partial charge on any atom is -0.481 e. The number of carbonyl (C=O) groups excluding carboxylic acids is 4. The third kappa shape index (κ3) is 14.2. The van der Waals surface area contributed by atoms with Gasteiger partial charge in [-0.05, 0) is 74.4 Å². The smallest absolute Gasteiger partial charge is 0.416 e. The van der Waals surface area contributed by atoms with Crippen molar-refractivity contribution in [2.75, 3.05) is 13.6 Å². The van der Waals surface area contributed by atoms with Gasteiger partial charge in [0.25, 0.3) is 5.91 Å². The van der Waals surface area contributed by atoms with E-state index in [4.69, 9.17) is 4.74 Å². The van der Waals surface area contributed by atoms with E-state index in [2.05, 4.69) is 15.2 Å². The number of piperidine rings is 1. The predicted molar refractivity (Wildman–Crippen MR) is 228 cm³/mol. The fourth-order valence-electron chi connectivity index (χ4n) is 8.02. The van der Waals surface area contributed by atoms with Gasteiger partial charge in [-0.2, -0.15) is 13.2 Å². The van der Waals surface area contributed by atoms with Crippen molar-refractivity contribution in [2.45, 2.75) is 130 Å². The third-order valence-corrected chi connectivity index (χ3v) is 12.7. The molecule has 3 unspecified atom stereocenters. The van der Waals surface area contributed by atoms with Gasteiger partial charge in [0.05, 0.1) is 17.5 Å². The van der Waals surface area contributed by atoms with Gasteiger partial charge in [0, 0.05) is 49.7 Å². The zero-order chi connectivity index (χ0) is 45.0. The van der Waals surface area contributed by atoms with Crippen molar-refractivity contribution in [3.05, 3.63) is 87.4 Å². The Bertz CT molecular complexity index is 1920. The molecule has 2 aromatic carbocycles. The maximum absolute atomic E-state index is 15.0. The number of nitrogens with one attached hydrogen (secondary N) is 1. The summed E-state index contributed by atoms with van der Waals surface area (Å²) in [6, 6.07) is 12.6. The van der Waals surface area contributed by atoms with E-state index in [1.165, 1.54) is 31.4 Å². The van der Waals surface area contributed by atoms with Gasteiger partial charge in [0.1, 0.15) is 10.7 Å². The molecule has 2 heterocycles. The molecular formula is C46H61F3N4O7S. The van der Waals surface area contributed by atoms with Crippen LogP contribution in [0, 0.1) is 23.7 Å². The number of carbonyl (C=O) groups is 5. The number of hydrogen-bond acceptors (Lipinski definition) is 9. The molecule has 1 fully saturated rings. The Kier molecular flexibility index (Phi) is 18.1. The van der Waals surface area contributed by atoms with E-state index < -0.39 is 59.6 Å². The Morgan fingerprint density at radius 2 is 1.66 bits per heavy atom. The van der Waals surface area contributed by atoms with E-state index in [-0.39, 0.29) is 67.5 Å². The summed E-state index contributed by atoms with van der Waals surface area (Å²) in [4.78, 5) is 75.5. The van der Waals surface area contributed by atoms with Gasteiger partial charge in [0.2, 0.25) is 5.91 Å². The molecule has 61 heavy (non-hydrogen) atoms. The number of ketones is 1. The first-order chi connectivity index (χ1) is 28.8. The topological polar surface area (TPSA) is 146 Å². The minimum absolute atomic E-state index is 0.00287. The summed E-state index contributed by atoms with van der Waals surface area (Å²) in [5, 5.41) is 14.3. The molecule has 0 aliphatic carbocycles. The number of Topliss-reactive ketones (excluding diaryl/α,β-unsaturated/α-hetero) is 1. The number of benzene rings is 2. The number of alkyl halides is 3. The van der Waals surface area contributed by atoms with Gasteiger partial charge in [-0.1, -0.05) is 89.9 Å². The van der Waals surface area contributed by atoms with Crippen LogP contribution in [0.25, 0.3) is 0 Å². The molecule has 1 aliphatic rings. The van der Waals surface area contributed by atoms with Crippen molar-refractivity contribution >= 4 is 40.9 Å². The second kappa shape index (κ2) is 22.5. The zero-order valence-corrected chi connectivity index (χ0v) is 37.1. The molecule has 1 aromatic heterocycles. The highest BCUT2D eigenvalue weighted by atomic mass is 32.1. The number of nitrogens with zero attached hydrogens (tertiary/aromatic N) is 3. The lowest BCUT2D eigenvalue weighted by Crippen LogP contribution is -2.49. The van der Waals surface area contributed by atoms with Crippen molar-refractivity contribution in [1.29, 1.82) is 0 Å². The normalized spacial score (nSPS) is 17.7. The standard InChI is InChI=1S/C46H61F3N4O7S/c1-8-29(4)36(24-40(55)38-16-12-13-21-52(38)7)44(57)53(26-33-14-10-9-11-15-33)39(28(2)3)25-41(60-31(6)54)43-51-37(27-61-43)42(56)50-35(22-30(5)45(58)59)23-32-17-19-34(20-18-32)46(47,48)49/h9-11,14-15,17-20,27-30,35-36,38-39,41H,8,12-13,16,21-26H2,1-7H3,(H,50,56)(H,58,59)/t29?,30-,35+,36?,38?,39+,41+/m0/s1. The maximum atomic E-state index is 15.0. The number of carboxylic acids is 1. The molecule has 334 valence electrons. The Labute approximate surface area is 361 Å². The number of likely N-dealkylation sites (tertiary alicyclic amines) is 1. The van der Waals surface area contributed by atoms with Crippen LogP contribution in [-0.2, 0) is 43.1 Å². The first-order valence-corrected chi connectivity index (χ1v) is 22.1. The number of amides is 2. The second-order valence-electron chi connectivity index (χ2n) is 16.9. The summed E-state index contributed by atoms with van der Waals surface area (Å²) < 4.78 is 45.5. The Balaban J connectivity index is 1.64. The molecule has 3 aromatic rings. The number of thiazole rings is 1. The van der Waals surface area contributed by atoms with Crippen LogP contribution in [-0.4, -0.2) is 81.1 Å². The van der Waals surface area contributed by atoms with Crippen molar-refractivity contribution in [3.63, 3.8) is 0 Å². The lowest BCUT2D eigenvalue weighted by atomic mass is 9.82. The van der Waals surface area contributed by atoms with Gasteiger partial charge < -0.3 is 20.1 Å². The molecule has 1 aliphatic heterocycles. The molecule has 0 spiro atoms. The SMILES string of the molecule is CCC(C)C(CC(=O)C1CCCCN1C)C(=O)N(Cc1ccccc1)[C@H](C[C@@H](OC(C)=O)c1nc(C(=O)N[C@@H](Cc2ccc(C(F)(F)F)cc2)C[C@H](C)C(=O)O)cs1)C(C)C. The highest BCUT2D eigenvalue weighted by molar-refractivity contribution is 7.09. The van der Waals surface area contributed by atoms with E-state index in [1.807, 2.05) is 70.0 Å². The van der Waals surface area contributed by atoms with Crippen LogP contribution in [0.15, 0.2) is 60.0 Å². The molecule has 4 rings (SSSR count). The lowest BCUT2D eigenvalue weighted by molar-refractivity contribution is -0.150. The van der Waals surface area contributed by atoms with Crippen molar-refractivity contribution in [1.82, 2.24) is 20.1 Å². The van der Waals surface area contributed by atoms with Gasteiger partial charge >= 0.3 is 18.1 Å². The highest BCUT2D eigenvalue weighted by Gasteiger charge is 2.39. The number of aromatic nitrogens is 1. The molecular weight excluding hydrogens is 810 g/mol. The predicted octanol–water partition coefficient (Wildman–Crippen LogP) is 8.77. The molecule has 0 bridgehead atoms. The second-order valence-corrected chi connectivity index (χ2v) is 17.8. The number of halogens is 3. The molecule has 7 atom stereocenters. The van der Waals surface area contributed by atoms with E-state index in [0.717, 1.165) is 54.8 Å². The molecule has 2 amide bonds.